The molecule has 0 aliphatic carbocycles. The van der Waals surface area contributed by atoms with Crippen molar-refractivity contribution in [2.45, 2.75) is 6.04 Å². The molecule has 1 fully saturated rings. The lowest BCUT2D eigenvalue weighted by Crippen LogP contribution is -2.47. The van der Waals surface area contributed by atoms with Crippen LogP contribution in [0.5, 0.6) is 0 Å². The summed E-state index contributed by atoms with van der Waals surface area (Å²) in [5.74, 6) is 0. The Hall–Kier alpha value is -2.68. The third-order valence-electron chi connectivity index (χ3n) is 4.50. The van der Waals surface area contributed by atoms with Crippen molar-refractivity contribution in [1.29, 1.82) is 0 Å². The van der Waals surface area contributed by atoms with Crippen molar-refractivity contribution in [1.82, 2.24) is 9.80 Å². The molecule has 0 N–H and O–H groups in total. The lowest BCUT2D eigenvalue weighted by atomic mass is 9.96. The SMILES string of the molecule is [2H]C1([2H])N(CC=Cc2ccccc2)C([2H])([2H])C([2H])([2H])N(C(c2ccccc2)c2ccccc2)C1([2H])[2H]. The Morgan fingerprint density at radius 1 is 0.714 bits per heavy atom. The highest BCUT2D eigenvalue weighted by molar-refractivity contribution is 5.48. The minimum absolute atomic E-state index is 0.330. The fraction of sp³-hybridized carbons (Fsp3) is 0.231. The van der Waals surface area contributed by atoms with Crippen LogP contribution in [-0.2, 0) is 0 Å². The highest BCUT2D eigenvalue weighted by atomic mass is 15.3. The first kappa shape index (κ1) is 11.4. The molecule has 142 valence electrons. The zero-order valence-electron chi connectivity index (χ0n) is 23.5. The van der Waals surface area contributed by atoms with Crippen LogP contribution in [-0.4, -0.2) is 42.3 Å². The molecule has 3 aromatic carbocycles. The molecule has 28 heavy (non-hydrogen) atoms. The van der Waals surface area contributed by atoms with Crippen molar-refractivity contribution in [3.63, 3.8) is 0 Å². The van der Waals surface area contributed by atoms with E-state index in [0.29, 0.717) is 16.0 Å². The van der Waals surface area contributed by atoms with E-state index in [2.05, 4.69) is 0 Å². The Morgan fingerprint density at radius 2 is 1.21 bits per heavy atom. The first-order valence-electron chi connectivity index (χ1n) is 13.3. The van der Waals surface area contributed by atoms with Gasteiger partial charge in [-0.2, -0.15) is 0 Å². The molecule has 0 spiro atoms. The molecule has 1 aliphatic heterocycles. The highest BCUT2D eigenvalue weighted by Gasteiger charge is 2.25. The van der Waals surface area contributed by atoms with Crippen LogP contribution in [0.1, 0.15) is 33.7 Å². The van der Waals surface area contributed by atoms with Gasteiger partial charge in [0.25, 0.3) is 0 Å². The Labute approximate surface area is 180 Å². The van der Waals surface area contributed by atoms with Gasteiger partial charge in [0.2, 0.25) is 0 Å². The van der Waals surface area contributed by atoms with Gasteiger partial charge in [-0.15, -0.1) is 0 Å². The number of rotatable bonds is 6. The van der Waals surface area contributed by atoms with Gasteiger partial charge >= 0.3 is 0 Å². The van der Waals surface area contributed by atoms with Crippen molar-refractivity contribution in [3.8, 4) is 0 Å². The molecule has 0 atom stereocenters. The molecule has 0 radical (unpaired) electrons. The van der Waals surface area contributed by atoms with Gasteiger partial charge in [-0.1, -0.05) is 103 Å². The van der Waals surface area contributed by atoms with Crippen LogP contribution in [0.25, 0.3) is 6.08 Å². The van der Waals surface area contributed by atoms with Gasteiger partial charge in [0.1, 0.15) is 0 Å². The summed E-state index contributed by atoms with van der Waals surface area (Å²) in [4.78, 5) is 1.37. The molecule has 1 saturated heterocycles. The van der Waals surface area contributed by atoms with Crippen molar-refractivity contribution >= 4 is 6.08 Å². The molecular weight excluding hydrogens is 340 g/mol. The van der Waals surface area contributed by atoms with E-state index in [4.69, 9.17) is 11.0 Å². The van der Waals surface area contributed by atoms with Crippen LogP contribution in [0.2, 0.25) is 0 Å². The maximum atomic E-state index is 8.92. The zero-order chi connectivity index (χ0) is 26.2. The molecule has 1 aliphatic rings. The van der Waals surface area contributed by atoms with Crippen molar-refractivity contribution in [2.75, 3.05) is 32.5 Å². The summed E-state index contributed by atoms with van der Waals surface area (Å²) in [6.07, 6.45) is 3.21. The van der Waals surface area contributed by atoms with Gasteiger partial charge in [-0.05, 0) is 16.7 Å². The van der Waals surface area contributed by atoms with Crippen LogP contribution < -0.4 is 0 Å². The smallest absolute Gasteiger partial charge is 0.0602 e. The first-order chi connectivity index (χ1) is 16.9. The first-order valence-corrected chi connectivity index (χ1v) is 9.31. The maximum absolute atomic E-state index is 8.92. The lowest BCUT2D eigenvalue weighted by molar-refractivity contribution is 0.118. The van der Waals surface area contributed by atoms with Crippen molar-refractivity contribution in [3.05, 3.63) is 114 Å². The van der Waals surface area contributed by atoms with Crippen molar-refractivity contribution in [2.24, 2.45) is 0 Å². The van der Waals surface area contributed by atoms with E-state index in [1.54, 1.807) is 66.7 Å². The van der Waals surface area contributed by atoms with E-state index in [1.807, 2.05) is 30.3 Å². The third kappa shape index (κ3) is 4.78. The monoisotopic (exact) mass is 376 g/mol. The fourth-order valence-electron chi connectivity index (χ4n) is 3.12. The molecule has 3 aromatic rings. The second kappa shape index (κ2) is 9.50. The van der Waals surface area contributed by atoms with E-state index in [9.17, 15) is 0 Å². The number of hydrogen-bond donors (Lipinski definition) is 0. The van der Waals surface area contributed by atoms with Gasteiger partial charge < -0.3 is 0 Å². The molecule has 0 amide bonds. The minimum atomic E-state index is -2.92. The molecule has 0 bridgehead atoms. The van der Waals surface area contributed by atoms with E-state index < -0.39 is 32.0 Å². The Bertz CT molecular complexity index is 1120. The summed E-state index contributed by atoms with van der Waals surface area (Å²) in [7, 11) is 0. The number of piperazine rings is 1. The average Bonchev–Trinajstić information content (AvgIpc) is 2.85. The highest BCUT2D eigenvalue weighted by Crippen LogP contribution is 2.29. The van der Waals surface area contributed by atoms with Gasteiger partial charge in [-0.3, -0.25) is 9.80 Å². The molecule has 2 heteroatoms. The van der Waals surface area contributed by atoms with E-state index >= 15 is 0 Å². The Balaban J connectivity index is 1.82. The molecule has 0 unspecified atom stereocenters. The number of nitrogens with zero attached hydrogens (tertiary/aromatic N) is 2. The topological polar surface area (TPSA) is 6.48 Å². The van der Waals surface area contributed by atoms with Crippen LogP contribution in [0.3, 0.4) is 0 Å². The predicted octanol–water partition coefficient (Wildman–Crippen LogP) is 5.11. The molecule has 0 aromatic heterocycles. The molecule has 1 heterocycles. The minimum Gasteiger partial charge on any atom is -0.297 e. The van der Waals surface area contributed by atoms with Gasteiger partial charge in [0, 0.05) is 43.5 Å². The summed E-state index contributed by atoms with van der Waals surface area (Å²) in [6.45, 7) is -11.9. The zero-order valence-corrected chi connectivity index (χ0v) is 15.5. The summed E-state index contributed by atoms with van der Waals surface area (Å²) < 4.78 is 70.8. The predicted molar refractivity (Wildman–Crippen MR) is 118 cm³/mol. The van der Waals surface area contributed by atoms with Crippen LogP contribution in [0.15, 0.2) is 97.1 Å². The summed E-state index contributed by atoms with van der Waals surface area (Å²) in [5, 5.41) is 0. The van der Waals surface area contributed by atoms with Crippen LogP contribution in [0, 0.1) is 0 Å². The molecule has 0 saturated carbocycles. The summed E-state index contributed by atoms with van der Waals surface area (Å²) >= 11 is 0. The summed E-state index contributed by atoms with van der Waals surface area (Å²) in [5.41, 5.74) is 1.87. The van der Waals surface area contributed by atoms with Crippen molar-refractivity contribution < 1.29 is 11.0 Å². The second-order valence-electron chi connectivity index (χ2n) is 6.46. The molecule has 4 rings (SSSR count). The maximum Gasteiger partial charge on any atom is 0.0602 e. The Kier molecular flexibility index (Phi) is 3.85. The summed E-state index contributed by atoms with van der Waals surface area (Å²) in [6, 6.07) is 25.5. The third-order valence-corrected chi connectivity index (χ3v) is 4.50. The number of hydrogen-bond acceptors (Lipinski definition) is 2. The van der Waals surface area contributed by atoms with E-state index in [0.717, 1.165) is 10.5 Å². The van der Waals surface area contributed by atoms with Crippen LogP contribution in [0.4, 0.5) is 0 Å². The van der Waals surface area contributed by atoms with Gasteiger partial charge in [0.05, 0.1) is 6.04 Å². The molecule has 2 nitrogen and oxygen atoms in total. The largest absolute Gasteiger partial charge is 0.297 e. The van der Waals surface area contributed by atoms with E-state index in [-0.39, 0.29) is 6.54 Å². The van der Waals surface area contributed by atoms with E-state index in [1.165, 1.54) is 6.08 Å². The van der Waals surface area contributed by atoms with Gasteiger partial charge in [-0.25, -0.2) is 0 Å². The lowest BCUT2D eigenvalue weighted by Gasteiger charge is -2.39. The fourth-order valence-corrected chi connectivity index (χ4v) is 3.12. The Morgan fingerprint density at radius 3 is 1.75 bits per heavy atom. The average molecular weight is 377 g/mol. The van der Waals surface area contributed by atoms with Crippen LogP contribution >= 0.6 is 0 Å². The quantitative estimate of drug-likeness (QED) is 0.590. The second-order valence-corrected chi connectivity index (χ2v) is 6.46. The van der Waals surface area contributed by atoms with Gasteiger partial charge in [0.15, 0.2) is 0 Å². The number of benzene rings is 3. The molecular formula is C26H28N2. The normalized spacial score (nSPS) is 27.5. The standard InChI is InChI=1S/C26H28N2/c1-4-11-23(12-5-1)13-10-18-27-19-21-28(22-20-27)26(24-14-6-2-7-15-24)25-16-8-3-9-17-25/h1-17,26H,18-22H2/i19D2,20D2,21D2,22D2.